The van der Waals surface area contributed by atoms with Gasteiger partial charge in [0.05, 0.1) is 6.04 Å². The van der Waals surface area contributed by atoms with E-state index in [4.69, 9.17) is 5.84 Å². The Balaban J connectivity index is 2.36. The van der Waals surface area contributed by atoms with Crippen molar-refractivity contribution >= 4 is 15.9 Å². The summed E-state index contributed by atoms with van der Waals surface area (Å²) in [7, 11) is 0. The lowest BCUT2D eigenvalue weighted by Crippen LogP contribution is -2.29. The Morgan fingerprint density at radius 1 is 1.14 bits per heavy atom. The average molecular weight is 351 g/mol. The second-order valence-corrected chi connectivity index (χ2v) is 6.56. The highest BCUT2D eigenvalue weighted by molar-refractivity contribution is 9.10. The van der Waals surface area contributed by atoms with E-state index < -0.39 is 0 Å². The first-order chi connectivity index (χ1) is 9.99. The Hall–Kier alpha value is -1.23. The number of benzene rings is 2. The predicted octanol–water partition coefficient (Wildman–Crippen LogP) is 4.34. The van der Waals surface area contributed by atoms with Crippen LogP contribution in [0.5, 0.6) is 0 Å². The first-order valence-electron chi connectivity index (χ1n) is 7.00. The Labute approximate surface area is 133 Å². The first-order valence-corrected chi connectivity index (χ1v) is 7.80. The fourth-order valence-electron chi connectivity index (χ4n) is 2.50. The molecule has 2 rings (SSSR count). The van der Waals surface area contributed by atoms with Gasteiger partial charge in [0.25, 0.3) is 0 Å². The summed E-state index contributed by atoms with van der Waals surface area (Å²) in [5.41, 5.74) is 5.88. The van der Waals surface area contributed by atoms with Gasteiger partial charge in [0.15, 0.2) is 0 Å². The molecule has 2 aromatic carbocycles. The molecule has 0 aromatic heterocycles. The van der Waals surface area contributed by atoms with Crippen molar-refractivity contribution < 1.29 is 4.39 Å². The zero-order valence-electron chi connectivity index (χ0n) is 12.2. The van der Waals surface area contributed by atoms with Crippen LogP contribution in [-0.2, 0) is 6.42 Å². The van der Waals surface area contributed by atoms with Crippen LogP contribution >= 0.6 is 15.9 Å². The second-order valence-electron chi connectivity index (χ2n) is 5.65. The maximum Gasteiger partial charge on any atom is 0.124 e. The van der Waals surface area contributed by atoms with Gasteiger partial charge in [-0.1, -0.05) is 54.0 Å². The number of rotatable bonds is 5. The minimum atomic E-state index is -0.280. The lowest BCUT2D eigenvalue weighted by atomic mass is 9.95. The van der Waals surface area contributed by atoms with Crippen molar-refractivity contribution in [3.8, 4) is 0 Å². The molecule has 0 radical (unpaired) electrons. The van der Waals surface area contributed by atoms with Crippen LogP contribution in [0.2, 0.25) is 0 Å². The van der Waals surface area contributed by atoms with Crippen molar-refractivity contribution in [3.63, 3.8) is 0 Å². The molecule has 2 aromatic rings. The van der Waals surface area contributed by atoms with E-state index in [0.717, 1.165) is 17.5 Å². The van der Waals surface area contributed by atoms with E-state index in [1.54, 1.807) is 0 Å². The predicted molar refractivity (Wildman–Crippen MR) is 88.3 cm³/mol. The SMILES string of the molecule is CC(C)Cc1cccc(C(NN)c2cc(F)cc(Br)c2)c1. The van der Waals surface area contributed by atoms with E-state index >= 15 is 0 Å². The fraction of sp³-hybridized carbons (Fsp3) is 0.294. The highest BCUT2D eigenvalue weighted by atomic mass is 79.9. The van der Waals surface area contributed by atoms with Crippen LogP contribution in [0, 0.1) is 11.7 Å². The summed E-state index contributed by atoms with van der Waals surface area (Å²) in [5.74, 6) is 6.01. The summed E-state index contributed by atoms with van der Waals surface area (Å²) in [4.78, 5) is 0. The van der Waals surface area contributed by atoms with Gasteiger partial charge in [-0.2, -0.15) is 0 Å². The molecule has 2 nitrogen and oxygen atoms in total. The maximum absolute atomic E-state index is 13.6. The lowest BCUT2D eigenvalue weighted by molar-refractivity contribution is 0.602. The largest absolute Gasteiger partial charge is 0.271 e. The summed E-state index contributed by atoms with van der Waals surface area (Å²) in [6.45, 7) is 4.38. The Bertz CT molecular complexity index is 593. The average Bonchev–Trinajstić information content (AvgIpc) is 2.38. The van der Waals surface area contributed by atoms with Gasteiger partial charge in [0.1, 0.15) is 5.82 Å². The third kappa shape index (κ3) is 4.37. The van der Waals surface area contributed by atoms with Gasteiger partial charge in [-0.15, -0.1) is 0 Å². The quantitative estimate of drug-likeness (QED) is 0.621. The van der Waals surface area contributed by atoms with Crippen LogP contribution < -0.4 is 11.3 Å². The van der Waals surface area contributed by atoms with Gasteiger partial charge in [0.2, 0.25) is 0 Å². The normalized spacial score (nSPS) is 12.7. The molecular formula is C17H20BrFN2. The molecule has 0 spiro atoms. The summed E-state index contributed by atoms with van der Waals surface area (Å²) >= 11 is 3.32. The minimum Gasteiger partial charge on any atom is -0.271 e. The van der Waals surface area contributed by atoms with Crippen molar-refractivity contribution in [2.24, 2.45) is 11.8 Å². The Kier molecular flexibility index (Phi) is 5.51. The number of halogens is 2. The van der Waals surface area contributed by atoms with Crippen LogP contribution in [0.4, 0.5) is 4.39 Å². The van der Waals surface area contributed by atoms with Gasteiger partial charge >= 0.3 is 0 Å². The molecule has 0 bridgehead atoms. The number of hydrazine groups is 1. The van der Waals surface area contributed by atoms with Crippen LogP contribution in [0.25, 0.3) is 0 Å². The van der Waals surface area contributed by atoms with E-state index in [9.17, 15) is 4.39 Å². The van der Waals surface area contributed by atoms with Crippen LogP contribution in [0.3, 0.4) is 0 Å². The van der Waals surface area contributed by atoms with E-state index in [2.05, 4.69) is 47.3 Å². The zero-order valence-corrected chi connectivity index (χ0v) is 13.8. The molecule has 1 unspecified atom stereocenters. The van der Waals surface area contributed by atoms with Gasteiger partial charge in [0, 0.05) is 4.47 Å². The molecule has 21 heavy (non-hydrogen) atoms. The molecule has 3 N–H and O–H groups in total. The molecule has 0 saturated carbocycles. The minimum absolute atomic E-state index is 0.232. The molecule has 0 fully saturated rings. The van der Waals surface area contributed by atoms with E-state index in [1.165, 1.54) is 17.7 Å². The number of nitrogens with one attached hydrogen (secondary N) is 1. The Morgan fingerprint density at radius 3 is 2.52 bits per heavy atom. The molecule has 0 saturated heterocycles. The van der Waals surface area contributed by atoms with Crippen molar-refractivity contribution in [1.82, 2.24) is 5.43 Å². The van der Waals surface area contributed by atoms with Gasteiger partial charge in [-0.05, 0) is 47.2 Å². The monoisotopic (exact) mass is 350 g/mol. The van der Waals surface area contributed by atoms with Gasteiger partial charge in [-0.25, -0.2) is 9.82 Å². The summed E-state index contributed by atoms with van der Waals surface area (Å²) in [6.07, 6.45) is 1.01. The lowest BCUT2D eigenvalue weighted by Gasteiger charge is -2.18. The number of hydrogen-bond donors (Lipinski definition) is 2. The van der Waals surface area contributed by atoms with E-state index in [0.29, 0.717) is 10.4 Å². The standard InChI is InChI=1S/C17H20BrFN2/c1-11(2)6-12-4-3-5-13(7-12)17(21-20)14-8-15(18)10-16(19)9-14/h3-5,7-11,17,21H,6,20H2,1-2H3. The molecule has 4 heteroatoms. The fourth-order valence-corrected chi connectivity index (χ4v) is 2.98. The van der Waals surface area contributed by atoms with E-state index in [-0.39, 0.29) is 11.9 Å². The second kappa shape index (κ2) is 7.16. The highest BCUT2D eigenvalue weighted by Crippen LogP contribution is 2.26. The molecule has 0 heterocycles. The highest BCUT2D eigenvalue weighted by Gasteiger charge is 2.14. The van der Waals surface area contributed by atoms with Gasteiger partial charge < -0.3 is 0 Å². The molecule has 0 aliphatic carbocycles. The summed E-state index contributed by atoms with van der Waals surface area (Å²) in [5, 5.41) is 0. The molecule has 112 valence electrons. The molecule has 0 amide bonds. The zero-order chi connectivity index (χ0) is 15.4. The van der Waals surface area contributed by atoms with Crippen LogP contribution in [0.1, 0.15) is 36.6 Å². The van der Waals surface area contributed by atoms with Crippen molar-refractivity contribution in [3.05, 3.63) is 69.4 Å². The number of hydrogen-bond acceptors (Lipinski definition) is 2. The van der Waals surface area contributed by atoms with Crippen LogP contribution in [0.15, 0.2) is 46.9 Å². The van der Waals surface area contributed by atoms with Gasteiger partial charge in [-0.3, -0.25) is 5.84 Å². The smallest absolute Gasteiger partial charge is 0.124 e. The summed E-state index contributed by atoms with van der Waals surface area (Å²) < 4.78 is 14.3. The van der Waals surface area contributed by atoms with Crippen molar-refractivity contribution in [1.29, 1.82) is 0 Å². The third-order valence-electron chi connectivity index (χ3n) is 3.31. The molecule has 1 atom stereocenters. The van der Waals surface area contributed by atoms with Crippen molar-refractivity contribution in [2.45, 2.75) is 26.3 Å². The summed E-state index contributed by atoms with van der Waals surface area (Å²) in [6, 6.07) is 12.9. The molecule has 0 aliphatic rings. The molecular weight excluding hydrogens is 331 g/mol. The third-order valence-corrected chi connectivity index (χ3v) is 3.77. The topological polar surface area (TPSA) is 38.0 Å². The van der Waals surface area contributed by atoms with Crippen LogP contribution in [-0.4, -0.2) is 0 Å². The maximum atomic E-state index is 13.6. The number of nitrogens with two attached hydrogens (primary N) is 1. The molecule has 0 aliphatic heterocycles. The van der Waals surface area contributed by atoms with E-state index in [1.807, 2.05) is 18.2 Å². The first kappa shape index (κ1) is 16.1. The Morgan fingerprint density at radius 2 is 1.90 bits per heavy atom. The van der Waals surface area contributed by atoms with Crippen molar-refractivity contribution in [2.75, 3.05) is 0 Å².